The summed E-state index contributed by atoms with van der Waals surface area (Å²) in [5.41, 5.74) is 16.8. The van der Waals surface area contributed by atoms with Crippen LogP contribution in [0.1, 0.15) is 27.8 Å². The summed E-state index contributed by atoms with van der Waals surface area (Å²) >= 11 is 1.83. The number of rotatable bonds is 5. The SMILES string of the molecule is N#Cc1ccc(-c2ccc3c(c2)C2(c4ccccc4Sc4ccc(-c5nc(-c6ccccc6)cc(-c6ccccc6-c6ccccc6)n5)cc42)c2ccccc2-3)cc1. The molecule has 58 heavy (non-hydrogen) atoms. The first-order valence-corrected chi connectivity index (χ1v) is 20.3. The number of benzene rings is 8. The quantitative estimate of drug-likeness (QED) is 0.175. The lowest BCUT2D eigenvalue weighted by molar-refractivity contribution is 0.723. The number of fused-ring (bicyclic) bond motifs is 9. The molecule has 0 saturated carbocycles. The molecule has 0 bridgehead atoms. The monoisotopic (exact) mass is 755 g/mol. The van der Waals surface area contributed by atoms with Crippen LogP contribution in [0.2, 0.25) is 0 Å². The van der Waals surface area contributed by atoms with Gasteiger partial charge in [0.25, 0.3) is 0 Å². The van der Waals surface area contributed by atoms with E-state index in [-0.39, 0.29) is 0 Å². The van der Waals surface area contributed by atoms with Crippen LogP contribution in [-0.4, -0.2) is 9.97 Å². The van der Waals surface area contributed by atoms with Crippen LogP contribution >= 0.6 is 11.8 Å². The average molecular weight is 756 g/mol. The van der Waals surface area contributed by atoms with Gasteiger partial charge in [-0.1, -0.05) is 169 Å². The van der Waals surface area contributed by atoms with Crippen LogP contribution in [-0.2, 0) is 5.41 Å². The van der Waals surface area contributed by atoms with Gasteiger partial charge in [-0.25, -0.2) is 9.97 Å². The first kappa shape index (κ1) is 34.0. The average Bonchev–Trinajstić information content (AvgIpc) is 3.59. The molecule has 0 amide bonds. The second kappa shape index (κ2) is 13.7. The highest BCUT2D eigenvalue weighted by Gasteiger charge is 2.50. The molecule has 1 atom stereocenters. The third-order valence-corrected chi connectivity index (χ3v) is 12.8. The summed E-state index contributed by atoms with van der Waals surface area (Å²) in [7, 11) is 0. The minimum atomic E-state index is -0.596. The topological polar surface area (TPSA) is 49.6 Å². The van der Waals surface area contributed by atoms with Gasteiger partial charge in [0, 0.05) is 26.5 Å². The van der Waals surface area contributed by atoms with Gasteiger partial charge in [-0.15, -0.1) is 0 Å². The molecular formula is C54H33N3S. The molecule has 2 heterocycles. The standard InChI is InChI=1S/C54H33N3S/c55-34-35-23-25-36(26-24-35)39-27-29-43-42-18-9-10-20-45(42)54(47(43)31-39)46-21-11-12-22-51(46)58-52-30-28-40(32-48(52)54)53-56-49(38-15-5-2-6-16-38)33-50(57-53)44-19-8-7-17-41(44)37-13-3-1-4-14-37/h1-33H. The number of hydrogen-bond donors (Lipinski definition) is 0. The van der Waals surface area contributed by atoms with E-state index in [0.717, 1.165) is 50.3 Å². The van der Waals surface area contributed by atoms with Crippen LogP contribution < -0.4 is 0 Å². The maximum absolute atomic E-state index is 9.53. The predicted molar refractivity (Wildman–Crippen MR) is 235 cm³/mol. The number of aromatic nitrogens is 2. The van der Waals surface area contributed by atoms with Crippen LogP contribution in [0.15, 0.2) is 210 Å². The summed E-state index contributed by atoms with van der Waals surface area (Å²) < 4.78 is 0. The Morgan fingerprint density at radius 3 is 1.72 bits per heavy atom. The lowest BCUT2D eigenvalue weighted by Gasteiger charge is -2.40. The van der Waals surface area contributed by atoms with E-state index in [9.17, 15) is 5.26 Å². The largest absolute Gasteiger partial charge is 0.228 e. The molecule has 0 saturated heterocycles. The van der Waals surface area contributed by atoms with E-state index in [1.165, 1.54) is 43.2 Å². The van der Waals surface area contributed by atoms with Crippen molar-refractivity contribution in [1.82, 2.24) is 9.97 Å². The molecular weight excluding hydrogens is 723 g/mol. The Hall–Kier alpha value is -7.32. The van der Waals surface area contributed by atoms with Gasteiger partial charge < -0.3 is 0 Å². The Bertz CT molecular complexity index is 3090. The van der Waals surface area contributed by atoms with E-state index < -0.39 is 5.41 Å². The van der Waals surface area contributed by atoms with Crippen LogP contribution in [0.25, 0.3) is 67.3 Å². The van der Waals surface area contributed by atoms with Crippen LogP contribution in [0.3, 0.4) is 0 Å². The molecule has 1 aliphatic heterocycles. The molecule has 9 aromatic rings. The zero-order valence-electron chi connectivity index (χ0n) is 31.3. The molecule has 3 nitrogen and oxygen atoms in total. The third-order valence-electron chi connectivity index (χ3n) is 11.6. The Morgan fingerprint density at radius 1 is 0.379 bits per heavy atom. The summed E-state index contributed by atoms with van der Waals surface area (Å²) in [6.45, 7) is 0. The lowest BCUT2D eigenvalue weighted by atomic mass is 9.67. The van der Waals surface area contributed by atoms with Gasteiger partial charge in [-0.3, -0.25) is 0 Å². The van der Waals surface area contributed by atoms with Crippen molar-refractivity contribution in [2.45, 2.75) is 15.2 Å². The highest BCUT2D eigenvalue weighted by Crippen LogP contribution is 2.62. The van der Waals surface area contributed by atoms with Crippen LogP contribution in [0.5, 0.6) is 0 Å². The maximum Gasteiger partial charge on any atom is 0.160 e. The van der Waals surface area contributed by atoms with E-state index >= 15 is 0 Å². The highest BCUT2D eigenvalue weighted by atomic mass is 32.2. The van der Waals surface area contributed by atoms with Gasteiger partial charge in [-0.05, 0) is 98.1 Å². The first-order chi connectivity index (χ1) is 28.7. The van der Waals surface area contributed by atoms with E-state index in [4.69, 9.17) is 9.97 Å². The Labute approximate surface area is 342 Å². The van der Waals surface area contributed by atoms with Crippen molar-refractivity contribution >= 4 is 11.8 Å². The van der Waals surface area contributed by atoms with Gasteiger partial charge in [0.15, 0.2) is 5.82 Å². The van der Waals surface area contributed by atoms with Crippen molar-refractivity contribution in [2.75, 3.05) is 0 Å². The van der Waals surface area contributed by atoms with E-state index in [0.29, 0.717) is 11.4 Å². The van der Waals surface area contributed by atoms with Gasteiger partial charge in [-0.2, -0.15) is 5.26 Å². The molecule has 1 unspecified atom stereocenters. The molecule has 1 aromatic heterocycles. The number of hydrogen-bond acceptors (Lipinski definition) is 4. The molecule has 270 valence electrons. The van der Waals surface area contributed by atoms with E-state index in [1.807, 2.05) is 30.0 Å². The Kier molecular flexibility index (Phi) is 8.03. The van der Waals surface area contributed by atoms with Crippen molar-refractivity contribution in [2.24, 2.45) is 0 Å². The molecule has 1 aliphatic carbocycles. The second-order valence-corrected chi connectivity index (χ2v) is 15.9. The smallest absolute Gasteiger partial charge is 0.160 e. The summed E-state index contributed by atoms with van der Waals surface area (Å²) in [6, 6.07) is 73.2. The van der Waals surface area contributed by atoms with Gasteiger partial charge >= 0.3 is 0 Å². The van der Waals surface area contributed by atoms with E-state index in [2.05, 4.69) is 188 Å². The first-order valence-electron chi connectivity index (χ1n) is 19.5. The van der Waals surface area contributed by atoms with Crippen molar-refractivity contribution in [1.29, 1.82) is 5.26 Å². The molecule has 0 radical (unpaired) electrons. The van der Waals surface area contributed by atoms with Crippen LogP contribution in [0.4, 0.5) is 0 Å². The van der Waals surface area contributed by atoms with Crippen LogP contribution in [0, 0.1) is 11.3 Å². The third kappa shape index (κ3) is 5.36. The van der Waals surface area contributed by atoms with Crippen molar-refractivity contribution in [3.8, 4) is 73.4 Å². The minimum Gasteiger partial charge on any atom is -0.228 e. The fourth-order valence-corrected chi connectivity index (χ4v) is 10.2. The van der Waals surface area contributed by atoms with Crippen molar-refractivity contribution in [3.63, 3.8) is 0 Å². The molecule has 0 fully saturated rings. The molecule has 2 aliphatic rings. The number of nitrogens with zero attached hydrogens (tertiary/aromatic N) is 3. The summed E-state index contributed by atoms with van der Waals surface area (Å²) in [6.07, 6.45) is 0. The van der Waals surface area contributed by atoms with Gasteiger partial charge in [0.05, 0.1) is 28.4 Å². The second-order valence-electron chi connectivity index (χ2n) is 14.8. The van der Waals surface area contributed by atoms with Crippen molar-refractivity contribution < 1.29 is 0 Å². The Balaban J connectivity index is 1.16. The Morgan fingerprint density at radius 2 is 0.948 bits per heavy atom. The predicted octanol–water partition coefficient (Wildman–Crippen LogP) is 13.5. The zero-order chi connectivity index (χ0) is 38.6. The summed E-state index contributed by atoms with van der Waals surface area (Å²) in [4.78, 5) is 13.2. The lowest BCUT2D eigenvalue weighted by Crippen LogP contribution is -2.32. The van der Waals surface area contributed by atoms with Gasteiger partial charge in [0.2, 0.25) is 0 Å². The fraction of sp³-hybridized carbons (Fsp3) is 0.0185. The van der Waals surface area contributed by atoms with Crippen molar-refractivity contribution in [3.05, 3.63) is 228 Å². The number of nitriles is 1. The maximum atomic E-state index is 9.53. The van der Waals surface area contributed by atoms with E-state index in [1.54, 1.807) is 0 Å². The molecule has 11 rings (SSSR count). The highest BCUT2D eigenvalue weighted by molar-refractivity contribution is 7.99. The van der Waals surface area contributed by atoms with Gasteiger partial charge in [0.1, 0.15) is 0 Å². The minimum absolute atomic E-state index is 0.596. The zero-order valence-corrected chi connectivity index (χ0v) is 32.1. The fourth-order valence-electron chi connectivity index (χ4n) is 9.00. The molecule has 1 spiro atoms. The molecule has 8 aromatic carbocycles. The summed E-state index contributed by atoms with van der Waals surface area (Å²) in [5.74, 6) is 0.680. The summed E-state index contributed by atoms with van der Waals surface area (Å²) in [5, 5.41) is 9.53. The molecule has 4 heteroatoms. The molecule has 0 N–H and O–H groups in total. The normalized spacial score (nSPS) is 14.5.